The first-order valence-corrected chi connectivity index (χ1v) is 8.58. The number of β-amino-alcohol motifs (C(OH)–C–C–N with tert-alkyl or cyclic N) is 1. The minimum absolute atomic E-state index is 0.186. The third-order valence-corrected chi connectivity index (χ3v) is 4.83. The predicted octanol–water partition coefficient (Wildman–Crippen LogP) is 1.98. The fourth-order valence-electron chi connectivity index (χ4n) is 3.49. The number of benzene rings is 1. The largest absolute Gasteiger partial charge is 0.441 e. The number of aliphatic hydroxyl groups is 1. The van der Waals surface area contributed by atoms with Gasteiger partial charge in [-0.3, -0.25) is 14.0 Å². The molecule has 1 aromatic carbocycles. The second kappa shape index (κ2) is 7.32. The first kappa shape index (κ1) is 16.9. The molecule has 0 spiro atoms. The number of piperidine rings is 1. The molecular weight excluding hydrogens is 306 g/mol. The molecule has 1 aliphatic rings. The summed E-state index contributed by atoms with van der Waals surface area (Å²) in [4.78, 5) is 14.3. The van der Waals surface area contributed by atoms with E-state index in [1.165, 1.54) is 4.57 Å². The molecule has 1 fully saturated rings. The molecule has 2 aromatic rings. The molecule has 6 nitrogen and oxygen atoms in total. The second-order valence-corrected chi connectivity index (χ2v) is 6.88. The molecule has 3 unspecified atom stereocenters. The van der Waals surface area contributed by atoms with Gasteiger partial charge in [-0.1, -0.05) is 42.4 Å². The van der Waals surface area contributed by atoms with E-state index < -0.39 is 11.9 Å². The summed E-state index contributed by atoms with van der Waals surface area (Å²) >= 11 is 0. The van der Waals surface area contributed by atoms with Crippen LogP contribution in [0, 0.1) is 5.92 Å². The molecule has 1 N–H and O–H groups in total. The Balaban J connectivity index is 1.70. The van der Waals surface area contributed by atoms with Crippen molar-refractivity contribution in [2.45, 2.75) is 45.4 Å². The summed E-state index contributed by atoms with van der Waals surface area (Å²) in [5.74, 6) is 0.659. The summed E-state index contributed by atoms with van der Waals surface area (Å²) in [5, 5.41) is 14.3. The number of rotatable bonds is 5. The third-order valence-electron chi connectivity index (χ3n) is 4.83. The van der Waals surface area contributed by atoms with Crippen molar-refractivity contribution in [3.63, 3.8) is 0 Å². The van der Waals surface area contributed by atoms with Gasteiger partial charge in [0.05, 0.1) is 12.6 Å². The van der Waals surface area contributed by atoms with E-state index in [0.717, 1.165) is 30.9 Å². The lowest BCUT2D eigenvalue weighted by atomic mass is 9.93. The molecule has 0 amide bonds. The van der Waals surface area contributed by atoms with Crippen LogP contribution in [0.25, 0.3) is 11.4 Å². The van der Waals surface area contributed by atoms with Crippen molar-refractivity contribution in [1.29, 1.82) is 0 Å². The zero-order valence-corrected chi connectivity index (χ0v) is 14.3. The van der Waals surface area contributed by atoms with E-state index in [-0.39, 0.29) is 6.54 Å². The van der Waals surface area contributed by atoms with Crippen molar-refractivity contribution in [3.8, 4) is 11.4 Å². The Hall–Kier alpha value is -1.92. The summed E-state index contributed by atoms with van der Waals surface area (Å²) in [7, 11) is 0. The summed E-state index contributed by atoms with van der Waals surface area (Å²) in [6.07, 6.45) is 1.66. The Kier molecular flexibility index (Phi) is 5.16. The van der Waals surface area contributed by atoms with E-state index in [1.807, 2.05) is 30.3 Å². The number of hydrogen-bond acceptors (Lipinski definition) is 5. The smallest absolute Gasteiger partial charge is 0.390 e. The number of nitrogens with zero attached hydrogens (tertiary/aromatic N) is 3. The van der Waals surface area contributed by atoms with E-state index in [1.54, 1.807) is 0 Å². The Morgan fingerprint density at radius 1 is 1.29 bits per heavy atom. The average Bonchev–Trinajstić information content (AvgIpc) is 2.92. The molecule has 6 heteroatoms. The van der Waals surface area contributed by atoms with Gasteiger partial charge in [-0.25, -0.2) is 4.79 Å². The van der Waals surface area contributed by atoms with Crippen LogP contribution in [0.15, 0.2) is 39.6 Å². The number of aromatic nitrogens is 2. The zero-order chi connectivity index (χ0) is 17.1. The van der Waals surface area contributed by atoms with Crippen molar-refractivity contribution < 1.29 is 9.63 Å². The topological polar surface area (TPSA) is 71.5 Å². The van der Waals surface area contributed by atoms with Gasteiger partial charge in [0.25, 0.3) is 0 Å². The molecule has 130 valence electrons. The molecule has 0 bridgehead atoms. The maximum absolute atomic E-state index is 12.0. The predicted molar refractivity (Wildman–Crippen MR) is 91.6 cm³/mol. The fourth-order valence-corrected chi connectivity index (χ4v) is 3.49. The first-order valence-electron chi connectivity index (χ1n) is 8.58. The van der Waals surface area contributed by atoms with Crippen molar-refractivity contribution in [2.24, 2.45) is 5.92 Å². The fraction of sp³-hybridized carbons (Fsp3) is 0.556. The Bertz CT molecular complexity index is 710. The molecule has 3 rings (SSSR count). The van der Waals surface area contributed by atoms with Gasteiger partial charge < -0.3 is 5.11 Å². The molecule has 1 saturated heterocycles. The molecule has 1 aliphatic heterocycles. The van der Waals surface area contributed by atoms with Crippen molar-refractivity contribution >= 4 is 0 Å². The van der Waals surface area contributed by atoms with Crippen molar-refractivity contribution in [3.05, 3.63) is 40.9 Å². The molecule has 0 saturated carbocycles. The SMILES string of the molecule is CC1CCN(CC(O)Cn2c(-c3ccccc3)noc2=O)C(C)C1. The first-order chi connectivity index (χ1) is 11.5. The summed E-state index contributed by atoms with van der Waals surface area (Å²) in [5.41, 5.74) is 0.802. The van der Waals surface area contributed by atoms with Crippen LogP contribution < -0.4 is 5.76 Å². The van der Waals surface area contributed by atoms with Gasteiger partial charge in [0.1, 0.15) is 0 Å². The highest BCUT2D eigenvalue weighted by atomic mass is 16.5. The molecule has 1 aromatic heterocycles. The van der Waals surface area contributed by atoms with Crippen LogP contribution in [0.5, 0.6) is 0 Å². The maximum Gasteiger partial charge on any atom is 0.441 e. The highest BCUT2D eigenvalue weighted by Gasteiger charge is 2.25. The van der Waals surface area contributed by atoms with Crippen molar-refractivity contribution in [2.75, 3.05) is 13.1 Å². The normalized spacial score (nSPS) is 23.3. The lowest BCUT2D eigenvalue weighted by molar-refractivity contribution is 0.0515. The Labute approximate surface area is 141 Å². The maximum atomic E-state index is 12.0. The van der Waals surface area contributed by atoms with Crippen LogP contribution >= 0.6 is 0 Å². The van der Waals surface area contributed by atoms with Crippen LogP contribution in [0.2, 0.25) is 0 Å². The second-order valence-electron chi connectivity index (χ2n) is 6.88. The molecular formula is C18H25N3O3. The van der Waals surface area contributed by atoms with Gasteiger partial charge >= 0.3 is 5.76 Å². The minimum atomic E-state index is -0.639. The number of aliphatic hydroxyl groups excluding tert-OH is 1. The minimum Gasteiger partial charge on any atom is -0.390 e. The van der Waals surface area contributed by atoms with Crippen LogP contribution in [0.3, 0.4) is 0 Å². The highest BCUT2D eigenvalue weighted by molar-refractivity contribution is 5.54. The van der Waals surface area contributed by atoms with Gasteiger partial charge in [0, 0.05) is 18.2 Å². The van der Waals surface area contributed by atoms with E-state index in [9.17, 15) is 9.90 Å². The van der Waals surface area contributed by atoms with Gasteiger partial charge in [-0.05, 0) is 32.2 Å². The van der Waals surface area contributed by atoms with Crippen LogP contribution in [0.4, 0.5) is 0 Å². The van der Waals surface area contributed by atoms with Crippen LogP contribution in [-0.4, -0.2) is 45.0 Å². The molecule has 24 heavy (non-hydrogen) atoms. The van der Waals surface area contributed by atoms with E-state index in [2.05, 4.69) is 23.9 Å². The van der Waals surface area contributed by atoms with Gasteiger partial charge in [0.2, 0.25) is 0 Å². The van der Waals surface area contributed by atoms with Gasteiger partial charge in [-0.2, -0.15) is 0 Å². The molecule has 0 radical (unpaired) electrons. The van der Waals surface area contributed by atoms with Gasteiger partial charge in [-0.15, -0.1) is 0 Å². The Morgan fingerprint density at radius 3 is 2.75 bits per heavy atom. The summed E-state index contributed by atoms with van der Waals surface area (Å²) < 4.78 is 6.22. The summed E-state index contributed by atoms with van der Waals surface area (Å²) in [6.45, 7) is 6.20. The lowest BCUT2D eigenvalue weighted by Gasteiger charge is -2.37. The van der Waals surface area contributed by atoms with Crippen LogP contribution in [-0.2, 0) is 6.54 Å². The third kappa shape index (κ3) is 3.76. The summed E-state index contributed by atoms with van der Waals surface area (Å²) in [6, 6.07) is 9.86. The highest BCUT2D eigenvalue weighted by Crippen LogP contribution is 2.22. The molecule has 0 aliphatic carbocycles. The lowest BCUT2D eigenvalue weighted by Crippen LogP contribution is -2.45. The molecule has 2 heterocycles. The van der Waals surface area contributed by atoms with Crippen molar-refractivity contribution in [1.82, 2.24) is 14.6 Å². The van der Waals surface area contributed by atoms with Gasteiger partial charge in [0.15, 0.2) is 5.82 Å². The molecule has 3 atom stereocenters. The zero-order valence-electron chi connectivity index (χ0n) is 14.3. The van der Waals surface area contributed by atoms with Crippen LogP contribution in [0.1, 0.15) is 26.7 Å². The average molecular weight is 331 g/mol. The monoisotopic (exact) mass is 331 g/mol. The quantitative estimate of drug-likeness (QED) is 0.907. The van der Waals surface area contributed by atoms with E-state index in [4.69, 9.17) is 4.52 Å². The number of hydrogen-bond donors (Lipinski definition) is 1. The van der Waals surface area contributed by atoms with E-state index in [0.29, 0.717) is 18.4 Å². The Morgan fingerprint density at radius 2 is 2.04 bits per heavy atom. The van der Waals surface area contributed by atoms with E-state index >= 15 is 0 Å². The number of likely N-dealkylation sites (tertiary alicyclic amines) is 1. The standard InChI is InChI=1S/C18H25N3O3/c1-13-8-9-20(14(2)10-13)11-16(22)12-21-17(19-24-18(21)23)15-6-4-3-5-7-15/h3-7,13-14,16,22H,8-12H2,1-2H3.